The molecular weight excluding hydrogens is 276 g/mol. The fourth-order valence-corrected chi connectivity index (χ4v) is 2.34. The van der Waals surface area contributed by atoms with Gasteiger partial charge in [-0.15, -0.1) is 5.10 Å². The second-order valence-corrected chi connectivity index (χ2v) is 4.94. The maximum Gasteiger partial charge on any atom is 0.434 e. The number of aromatic nitrogens is 3. The van der Waals surface area contributed by atoms with Gasteiger partial charge in [-0.1, -0.05) is 0 Å². The van der Waals surface area contributed by atoms with E-state index >= 15 is 0 Å². The summed E-state index contributed by atoms with van der Waals surface area (Å²) in [5.41, 5.74) is 0.0235. The third kappa shape index (κ3) is 3.11. The molecule has 0 bridgehead atoms. The van der Waals surface area contributed by atoms with Crippen molar-refractivity contribution >= 4 is 0 Å². The summed E-state index contributed by atoms with van der Waals surface area (Å²) in [5.74, 6) is -0.456. The van der Waals surface area contributed by atoms with Crippen LogP contribution in [0.4, 0.5) is 0 Å². The second-order valence-electron chi connectivity index (χ2n) is 4.94. The van der Waals surface area contributed by atoms with Crippen molar-refractivity contribution < 1.29 is 9.15 Å². The molecule has 1 aliphatic rings. The Morgan fingerprint density at radius 3 is 3.14 bits per heavy atom. The quantitative estimate of drug-likeness (QED) is 0.785. The summed E-state index contributed by atoms with van der Waals surface area (Å²) in [6.45, 7) is 3.46. The Morgan fingerprint density at radius 2 is 2.33 bits per heavy atom. The molecule has 1 atom stereocenters. The molecule has 0 aliphatic carbocycles. The van der Waals surface area contributed by atoms with E-state index in [1.54, 1.807) is 22.9 Å². The third-order valence-corrected chi connectivity index (χ3v) is 3.35. The monoisotopic (exact) mass is 292 g/mol. The minimum absolute atomic E-state index is 0.00888. The molecule has 112 valence electrons. The van der Waals surface area contributed by atoms with Gasteiger partial charge in [0.25, 0.3) is 11.4 Å². The van der Waals surface area contributed by atoms with Gasteiger partial charge in [-0.25, -0.2) is 9.89 Å². The number of ether oxygens (including phenoxy) is 1. The summed E-state index contributed by atoms with van der Waals surface area (Å²) in [4.78, 5) is 23.4. The molecule has 0 aromatic carbocycles. The molecule has 2 aromatic rings. The van der Waals surface area contributed by atoms with Gasteiger partial charge in [0.05, 0.1) is 13.2 Å². The molecule has 3 heterocycles. The highest BCUT2D eigenvalue weighted by molar-refractivity contribution is 5.49. The lowest BCUT2D eigenvalue weighted by Gasteiger charge is -2.15. The van der Waals surface area contributed by atoms with Gasteiger partial charge in [0.2, 0.25) is 0 Å². The SMILES string of the molecule is O=c1[nH]nc(-c2cccn(CC3CNCCOC3)c2=O)o1. The molecule has 8 heteroatoms. The van der Waals surface area contributed by atoms with Gasteiger partial charge in [-0.2, -0.15) is 0 Å². The number of nitrogens with zero attached hydrogens (tertiary/aromatic N) is 2. The minimum Gasteiger partial charge on any atom is -0.388 e. The lowest BCUT2D eigenvalue weighted by molar-refractivity contribution is 0.117. The average molecular weight is 292 g/mol. The van der Waals surface area contributed by atoms with Crippen molar-refractivity contribution in [3.05, 3.63) is 39.2 Å². The standard InChI is InChI=1S/C13H16N4O4/c18-12-10(11-15-16-13(19)21-11)2-1-4-17(12)7-9-6-14-3-5-20-8-9/h1-2,4,9,14H,3,5-8H2,(H,16,19). The highest BCUT2D eigenvalue weighted by atomic mass is 16.5. The highest BCUT2D eigenvalue weighted by Gasteiger charge is 2.16. The zero-order valence-electron chi connectivity index (χ0n) is 11.4. The van der Waals surface area contributed by atoms with Crippen LogP contribution in [0.25, 0.3) is 11.5 Å². The number of rotatable bonds is 3. The van der Waals surface area contributed by atoms with Gasteiger partial charge >= 0.3 is 5.76 Å². The Bertz CT molecular complexity index is 709. The van der Waals surface area contributed by atoms with Crippen LogP contribution >= 0.6 is 0 Å². The van der Waals surface area contributed by atoms with Gasteiger partial charge < -0.3 is 19.0 Å². The summed E-state index contributed by atoms with van der Waals surface area (Å²) in [6.07, 6.45) is 1.71. The summed E-state index contributed by atoms with van der Waals surface area (Å²) in [7, 11) is 0. The van der Waals surface area contributed by atoms with E-state index in [4.69, 9.17) is 9.15 Å². The topological polar surface area (TPSA) is 102 Å². The number of aromatic amines is 1. The minimum atomic E-state index is -0.679. The fraction of sp³-hybridized carbons (Fsp3) is 0.462. The molecule has 1 unspecified atom stereocenters. The van der Waals surface area contributed by atoms with Crippen LogP contribution in [0.3, 0.4) is 0 Å². The number of pyridine rings is 1. The largest absolute Gasteiger partial charge is 0.434 e. The molecule has 8 nitrogen and oxygen atoms in total. The molecule has 3 rings (SSSR count). The normalized spacial score (nSPS) is 19.3. The number of nitrogens with one attached hydrogen (secondary N) is 2. The van der Waals surface area contributed by atoms with Crippen molar-refractivity contribution in [3.8, 4) is 11.5 Å². The molecule has 2 N–H and O–H groups in total. The van der Waals surface area contributed by atoms with E-state index in [-0.39, 0.29) is 22.9 Å². The van der Waals surface area contributed by atoms with E-state index < -0.39 is 5.76 Å². The molecule has 1 saturated heterocycles. The van der Waals surface area contributed by atoms with Gasteiger partial charge in [-0.05, 0) is 12.1 Å². The van der Waals surface area contributed by atoms with Crippen molar-refractivity contribution in [2.45, 2.75) is 6.54 Å². The fourth-order valence-electron chi connectivity index (χ4n) is 2.34. The molecule has 21 heavy (non-hydrogen) atoms. The van der Waals surface area contributed by atoms with E-state index in [1.165, 1.54) is 0 Å². The van der Waals surface area contributed by atoms with Crippen molar-refractivity contribution in [1.29, 1.82) is 0 Å². The van der Waals surface area contributed by atoms with E-state index in [9.17, 15) is 9.59 Å². The van der Waals surface area contributed by atoms with Gasteiger partial charge in [0.1, 0.15) is 5.56 Å². The predicted octanol–water partition coefficient (Wildman–Crippen LogP) is -0.572. The maximum absolute atomic E-state index is 12.4. The lowest BCUT2D eigenvalue weighted by atomic mass is 10.1. The summed E-state index contributed by atoms with van der Waals surface area (Å²) in [6, 6.07) is 3.32. The van der Waals surface area contributed by atoms with E-state index in [0.29, 0.717) is 19.8 Å². The molecule has 2 aromatic heterocycles. The molecule has 0 radical (unpaired) electrons. The van der Waals surface area contributed by atoms with E-state index in [0.717, 1.165) is 13.1 Å². The van der Waals surface area contributed by atoms with Crippen molar-refractivity contribution in [2.24, 2.45) is 5.92 Å². The Hall–Kier alpha value is -2.19. The van der Waals surface area contributed by atoms with Gasteiger partial charge in [0, 0.05) is 31.7 Å². The van der Waals surface area contributed by atoms with Crippen LogP contribution in [0.15, 0.2) is 32.3 Å². The zero-order chi connectivity index (χ0) is 14.7. The molecule has 1 aliphatic heterocycles. The van der Waals surface area contributed by atoms with Crippen molar-refractivity contribution in [3.63, 3.8) is 0 Å². The van der Waals surface area contributed by atoms with Crippen LogP contribution in [-0.4, -0.2) is 41.1 Å². The van der Waals surface area contributed by atoms with Crippen LogP contribution in [0.2, 0.25) is 0 Å². The van der Waals surface area contributed by atoms with Gasteiger partial charge in [0.15, 0.2) is 0 Å². The average Bonchev–Trinajstić information content (AvgIpc) is 2.74. The first-order valence-electron chi connectivity index (χ1n) is 6.78. The Balaban J connectivity index is 1.86. The first kappa shape index (κ1) is 13.8. The van der Waals surface area contributed by atoms with Crippen LogP contribution in [0.5, 0.6) is 0 Å². The summed E-state index contributed by atoms with van der Waals surface area (Å²) in [5, 5.41) is 9.12. The lowest BCUT2D eigenvalue weighted by Crippen LogP contribution is -2.31. The Morgan fingerprint density at radius 1 is 1.43 bits per heavy atom. The van der Waals surface area contributed by atoms with Crippen LogP contribution < -0.4 is 16.6 Å². The number of hydrogen-bond acceptors (Lipinski definition) is 6. The first-order valence-corrected chi connectivity index (χ1v) is 6.78. The maximum atomic E-state index is 12.4. The smallest absolute Gasteiger partial charge is 0.388 e. The molecule has 0 saturated carbocycles. The summed E-state index contributed by atoms with van der Waals surface area (Å²) >= 11 is 0. The summed E-state index contributed by atoms with van der Waals surface area (Å²) < 4.78 is 11.9. The van der Waals surface area contributed by atoms with Crippen LogP contribution in [-0.2, 0) is 11.3 Å². The van der Waals surface area contributed by atoms with Crippen LogP contribution in [0.1, 0.15) is 0 Å². The molecule has 0 amide bonds. The number of H-pyrrole nitrogens is 1. The highest BCUT2D eigenvalue weighted by Crippen LogP contribution is 2.10. The molecule has 1 fully saturated rings. The van der Waals surface area contributed by atoms with Crippen LogP contribution in [0, 0.1) is 5.92 Å². The number of hydrogen-bond donors (Lipinski definition) is 2. The second kappa shape index (κ2) is 6.06. The van der Waals surface area contributed by atoms with Crippen molar-refractivity contribution in [2.75, 3.05) is 26.3 Å². The molecular formula is C13H16N4O4. The molecule has 0 spiro atoms. The predicted molar refractivity (Wildman–Crippen MR) is 74.0 cm³/mol. The van der Waals surface area contributed by atoms with Gasteiger partial charge in [-0.3, -0.25) is 4.79 Å². The van der Waals surface area contributed by atoms with Crippen molar-refractivity contribution in [1.82, 2.24) is 20.1 Å². The Kier molecular flexibility index (Phi) is 3.98. The van der Waals surface area contributed by atoms with E-state index in [2.05, 4.69) is 15.5 Å². The first-order chi connectivity index (χ1) is 10.2. The zero-order valence-corrected chi connectivity index (χ0v) is 11.4. The van der Waals surface area contributed by atoms with E-state index in [1.807, 2.05) is 0 Å². The third-order valence-electron chi connectivity index (χ3n) is 3.35. The Labute approximate surface area is 119 Å².